The summed E-state index contributed by atoms with van der Waals surface area (Å²) >= 11 is 1.81. The number of hydrogen-bond acceptors (Lipinski definition) is 5. The highest BCUT2D eigenvalue weighted by atomic mass is 32.1. The van der Waals surface area contributed by atoms with Crippen molar-refractivity contribution in [1.82, 2.24) is 19.5 Å². The Bertz CT molecular complexity index is 3450. The van der Waals surface area contributed by atoms with Crippen LogP contribution in [0.4, 0.5) is 0 Å². The van der Waals surface area contributed by atoms with Crippen molar-refractivity contribution in [2.75, 3.05) is 0 Å². The van der Waals surface area contributed by atoms with Gasteiger partial charge in [0.1, 0.15) is 11.2 Å². The Hall–Kier alpha value is -7.15. The Morgan fingerprint density at radius 2 is 1.02 bits per heavy atom. The summed E-state index contributed by atoms with van der Waals surface area (Å²) in [7, 11) is 0. The lowest BCUT2D eigenvalue weighted by Gasteiger charge is -2.11. The van der Waals surface area contributed by atoms with Gasteiger partial charge in [-0.2, -0.15) is 0 Å². The average Bonchev–Trinajstić information content (AvgIpc) is 3.92. The maximum Gasteiger partial charge on any atom is 0.164 e. The third-order valence-electron chi connectivity index (χ3n) is 10.8. The van der Waals surface area contributed by atoms with Crippen molar-refractivity contribution < 1.29 is 4.42 Å². The van der Waals surface area contributed by atoms with Crippen LogP contribution >= 0.6 is 11.3 Å². The summed E-state index contributed by atoms with van der Waals surface area (Å²) in [5.41, 5.74) is 7.84. The van der Waals surface area contributed by atoms with Crippen LogP contribution in [0.25, 0.3) is 115 Å². The highest BCUT2D eigenvalue weighted by molar-refractivity contribution is 7.25. The molecule has 12 aromatic rings. The molecular formula is C49H28N4OS. The van der Waals surface area contributed by atoms with Crippen LogP contribution in [-0.2, 0) is 0 Å². The van der Waals surface area contributed by atoms with E-state index in [4.69, 9.17) is 19.4 Å². The first-order chi connectivity index (χ1) is 27.2. The molecule has 0 fully saturated rings. The summed E-state index contributed by atoms with van der Waals surface area (Å²) in [5, 5.41) is 9.19. The number of rotatable bonds is 4. The monoisotopic (exact) mass is 720 g/mol. The molecule has 0 bridgehead atoms. The lowest BCUT2D eigenvalue weighted by Crippen LogP contribution is -2.00. The van der Waals surface area contributed by atoms with Crippen molar-refractivity contribution in [3.63, 3.8) is 0 Å². The summed E-state index contributed by atoms with van der Waals surface area (Å²) in [6.45, 7) is 0. The molecule has 5 nitrogen and oxygen atoms in total. The fourth-order valence-electron chi connectivity index (χ4n) is 8.36. The Kier molecular flexibility index (Phi) is 6.44. The van der Waals surface area contributed by atoms with Gasteiger partial charge in [-0.3, -0.25) is 0 Å². The molecule has 8 aromatic carbocycles. The SMILES string of the molecule is c1ccc(-c2nc(-c3ccc4sc5ccccc5c4c3)nc(-c3cc4oc5ccc(-n6c7ccccc7c7ccccc76)cc5c4c4ccccc34)n2)cc1. The van der Waals surface area contributed by atoms with E-state index in [1.807, 2.05) is 30.3 Å². The molecule has 0 spiro atoms. The van der Waals surface area contributed by atoms with Gasteiger partial charge in [0, 0.05) is 64.1 Å². The maximum absolute atomic E-state index is 6.70. The third kappa shape index (κ3) is 4.62. The van der Waals surface area contributed by atoms with E-state index in [9.17, 15) is 0 Å². The largest absolute Gasteiger partial charge is 0.456 e. The van der Waals surface area contributed by atoms with E-state index in [1.54, 1.807) is 11.3 Å². The second kappa shape index (κ2) is 11.7. The van der Waals surface area contributed by atoms with Gasteiger partial charge in [0.05, 0.1) is 11.0 Å². The minimum absolute atomic E-state index is 0.601. The molecular weight excluding hydrogens is 693 g/mol. The highest BCUT2D eigenvalue weighted by Crippen LogP contribution is 2.42. The maximum atomic E-state index is 6.70. The Morgan fingerprint density at radius 3 is 1.80 bits per heavy atom. The molecule has 4 heterocycles. The van der Waals surface area contributed by atoms with E-state index in [2.05, 4.69) is 144 Å². The molecule has 0 saturated heterocycles. The van der Waals surface area contributed by atoms with Gasteiger partial charge in [-0.15, -0.1) is 11.3 Å². The molecule has 256 valence electrons. The van der Waals surface area contributed by atoms with Gasteiger partial charge in [0.2, 0.25) is 0 Å². The Morgan fingerprint density at radius 1 is 0.400 bits per heavy atom. The summed E-state index contributed by atoms with van der Waals surface area (Å²) in [5.74, 6) is 1.86. The molecule has 0 atom stereocenters. The number of aromatic nitrogens is 4. The molecule has 0 aliphatic heterocycles. The summed E-state index contributed by atoms with van der Waals surface area (Å²) in [6, 6.07) is 59.6. The minimum atomic E-state index is 0.601. The normalized spacial score (nSPS) is 12.0. The van der Waals surface area contributed by atoms with Crippen molar-refractivity contribution in [3.8, 4) is 39.9 Å². The summed E-state index contributed by atoms with van der Waals surface area (Å²) < 4.78 is 11.6. The average molecular weight is 721 g/mol. The van der Waals surface area contributed by atoms with Crippen molar-refractivity contribution in [2.24, 2.45) is 0 Å². The molecule has 0 aliphatic rings. The lowest BCUT2D eigenvalue weighted by molar-refractivity contribution is 0.669. The van der Waals surface area contributed by atoms with Crippen LogP contribution in [0.3, 0.4) is 0 Å². The smallest absolute Gasteiger partial charge is 0.164 e. The molecule has 0 amide bonds. The zero-order valence-electron chi connectivity index (χ0n) is 29.3. The van der Waals surface area contributed by atoms with Crippen LogP contribution in [0.15, 0.2) is 174 Å². The first-order valence-corrected chi connectivity index (χ1v) is 19.2. The number of fused-ring (bicyclic) bond motifs is 11. The predicted molar refractivity (Wildman–Crippen MR) is 228 cm³/mol. The molecule has 0 N–H and O–H groups in total. The van der Waals surface area contributed by atoms with Gasteiger partial charge < -0.3 is 8.98 Å². The van der Waals surface area contributed by atoms with Crippen molar-refractivity contribution >= 4 is 86.0 Å². The molecule has 0 unspecified atom stereocenters. The number of para-hydroxylation sites is 2. The number of benzene rings is 8. The Labute approximate surface area is 318 Å². The predicted octanol–water partition coefficient (Wildman–Crippen LogP) is 13.4. The van der Waals surface area contributed by atoms with Crippen molar-refractivity contribution in [1.29, 1.82) is 0 Å². The van der Waals surface area contributed by atoms with E-state index in [1.165, 1.54) is 42.0 Å². The van der Waals surface area contributed by atoms with Gasteiger partial charge in [0.15, 0.2) is 17.5 Å². The van der Waals surface area contributed by atoms with Crippen molar-refractivity contribution in [3.05, 3.63) is 170 Å². The molecule has 0 radical (unpaired) electrons. The highest BCUT2D eigenvalue weighted by Gasteiger charge is 2.20. The fraction of sp³-hybridized carbons (Fsp3) is 0. The molecule has 55 heavy (non-hydrogen) atoms. The minimum Gasteiger partial charge on any atom is -0.456 e. The second-order valence-corrected chi connectivity index (χ2v) is 15.1. The van der Waals surface area contributed by atoms with Crippen LogP contribution in [0.5, 0.6) is 0 Å². The van der Waals surface area contributed by atoms with Crippen LogP contribution in [-0.4, -0.2) is 19.5 Å². The zero-order chi connectivity index (χ0) is 36.0. The number of furan rings is 1. The van der Waals surface area contributed by atoms with Crippen LogP contribution < -0.4 is 0 Å². The van der Waals surface area contributed by atoms with E-state index in [0.29, 0.717) is 17.5 Å². The fourth-order valence-corrected chi connectivity index (χ4v) is 9.45. The van der Waals surface area contributed by atoms with E-state index >= 15 is 0 Å². The first kappa shape index (κ1) is 30.3. The summed E-state index contributed by atoms with van der Waals surface area (Å²) in [4.78, 5) is 15.5. The second-order valence-electron chi connectivity index (χ2n) is 14.0. The van der Waals surface area contributed by atoms with Crippen LogP contribution in [0, 0.1) is 0 Å². The van der Waals surface area contributed by atoms with Crippen LogP contribution in [0.1, 0.15) is 0 Å². The number of thiophene rings is 1. The van der Waals surface area contributed by atoms with E-state index < -0.39 is 0 Å². The molecule has 0 saturated carbocycles. The van der Waals surface area contributed by atoms with E-state index in [-0.39, 0.29) is 0 Å². The molecule has 0 aliphatic carbocycles. The third-order valence-corrected chi connectivity index (χ3v) is 12.0. The zero-order valence-corrected chi connectivity index (χ0v) is 30.1. The standard InChI is InChI=1S/C49H28N4OS/c1-2-12-29(13-3-1)47-50-48(30-22-25-45-37(26-30)35-17-8-11-21-44(35)55-45)52-49(51-47)38-28-43-46(36-18-5-4-14-32(36)38)39-27-31(23-24-42(39)54-43)53-40-19-9-6-15-33(40)34-16-7-10-20-41(34)53/h1-28H. The van der Waals surface area contributed by atoms with Gasteiger partial charge in [0.25, 0.3) is 0 Å². The van der Waals surface area contributed by atoms with Gasteiger partial charge in [-0.05, 0) is 71.4 Å². The molecule has 4 aromatic heterocycles. The van der Waals surface area contributed by atoms with Gasteiger partial charge in [-0.25, -0.2) is 15.0 Å². The molecule has 12 rings (SSSR count). The van der Waals surface area contributed by atoms with E-state index in [0.717, 1.165) is 55.1 Å². The lowest BCUT2D eigenvalue weighted by atomic mass is 9.98. The topological polar surface area (TPSA) is 56.7 Å². The quantitative estimate of drug-likeness (QED) is 0.182. The number of nitrogens with zero attached hydrogens (tertiary/aromatic N) is 4. The Balaban J connectivity index is 1.09. The molecule has 6 heteroatoms. The van der Waals surface area contributed by atoms with Gasteiger partial charge in [-0.1, -0.05) is 109 Å². The van der Waals surface area contributed by atoms with Crippen molar-refractivity contribution in [2.45, 2.75) is 0 Å². The summed E-state index contributed by atoms with van der Waals surface area (Å²) in [6.07, 6.45) is 0. The first-order valence-electron chi connectivity index (χ1n) is 18.4. The van der Waals surface area contributed by atoms with Gasteiger partial charge >= 0.3 is 0 Å². The number of hydrogen-bond donors (Lipinski definition) is 0. The van der Waals surface area contributed by atoms with Crippen LogP contribution in [0.2, 0.25) is 0 Å².